The second kappa shape index (κ2) is 5.79. The lowest BCUT2D eigenvalue weighted by molar-refractivity contribution is -0.150. The number of likely N-dealkylation sites (tertiary alicyclic amines) is 1. The SMILES string of the molecule is Cc1cc(Br)ccc1C(=O)N1CCC(C(=O)O)(C(C)C)C1. The van der Waals surface area contributed by atoms with Crippen LogP contribution in [0.3, 0.4) is 0 Å². The number of nitrogens with zero attached hydrogens (tertiary/aromatic N) is 1. The zero-order valence-electron chi connectivity index (χ0n) is 12.5. The van der Waals surface area contributed by atoms with Crippen molar-refractivity contribution >= 4 is 27.8 Å². The molecule has 0 spiro atoms. The van der Waals surface area contributed by atoms with Crippen LogP contribution in [0.4, 0.5) is 0 Å². The summed E-state index contributed by atoms with van der Waals surface area (Å²) >= 11 is 3.38. The molecule has 21 heavy (non-hydrogen) atoms. The van der Waals surface area contributed by atoms with Gasteiger partial charge < -0.3 is 10.0 Å². The molecule has 1 aliphatic heterocycles. The topological polar surface area (TPSA) is 57.6 Å². The average Bonchev–Trinajstić information content (AvgIpc) is 2.84. The number of aryl methyl sites for hydroxylation is 1. The standard InChI is InChI=1S/C16H20BrNO3/c1-10(2)16(15(20)21)6-7-18(9-16)14(19)13-5-4-12(17)8-11(13)3/h4-5,8,10H,6-7,9H2,1-3H3,(H,20,21). The molecule has 5 heteroatoms. The van der Waals surface area contributed by atoms with E-state index in [0.29, 0.717) is 18.5 Å². The molecule has 1 saturated heterocycles. The number of hydrogen-bond acceptors (Lipinski definition) is 2. The van der Waals surface area contributed by atoms with Crippen LogP contribution in [0.2, 0.25) is 0 Å². The third-order valence-electron chi connectivity index (χ3n) is 4.54. The zero-order valence-corrected chi connectivity index (χ0v) is 14.1. The fourth-order valence-corrected chi connectivity index (χ4v) is 3.41. The Morgan fingerprint density at radius 1 is 1.38 bits per heavy atom. The average molecular weight is 354 g/mol. The highest BCUT2D eigenvalue weighted by Crippen LogP contribution is 2.38. The predicted molar refractivity (Wildman–Crippen MR) is 84.3 cm³/mol. The number of halogens is 1. The van der Waals surface area contributed by atoms with Crippen molar-refractivity contribution in [3.05, 3.63) is 33.8 Å². The lowest BCUT2D eigenvalue weighted by Gasteiger charge is -2.28. The Morgan fingerprint density at radius 2 is 2.05 bits per heavy atom. The molecule has 114 valence electrons. The van der Waals surface area contributed by atoms with Crippen molar-refractivity contribution in [2.45, 2.75) is 27.2 Å². The van der Waals surface area contributed by atoms with Gasteiger partial charge in [-0.05, 0) is 43.0 Å². The third kappa shape index (κ3) is 2.84. The maximum Gasteiger partial charge on any atom is 0.311 e. The van der Waals surface area contributed by atoms with Crippen LogP contribution in [0.15, 0.2) is 22.7 Å². The molecule has 0 aromatic heterocycles. The Labute approximate surface area is 133 Å². The first-order chi connectivity index (χ1) is 9.78. The molecule has 1 aromatic carbocycles. The van der Waals surface area contributed by atoms with Crippen molar-refractivity contribution in [2.75, 3.05) is 13.1 Å². The molecule has 1 atom stereocenters. The van der Waals surface area contributed by atoms with E-state index in [4.69, 9.17) is 0 Å². The van der Waals surface area contributed by atoms with Crippen LogP contribution >= 0.6 is 15.9 Å². The Kier molecular flexibility index (Phi) is 4.42. The van der Waals surface area contributed by atoms with Crippen LogP contribution < -0.4 is 0 Å². The Morgan fingerprint density at radius 3 is 2.52 bits per heavy atom. The summed E-state index contributed by atoms with van der Waals surface area (Å²) < 4.78 is 0.931. The van der Waals surface area contributed by atoms with Gasteiger partial charge in [-0.2, -0.15) is 0 Å². The summed E-state index contributed by atoms with van der Waals surface area (Å²) in [4.78, 5) is 25.9. The number of carbonyl (C=O) groups is 2. The van der Waals surface area contributed by atoms with Gasteiger partial charge in [-0.3, -0.25) is 9.59 Å². The van der Waals surface area contributed by atoms with E-state index < -0.39 is 11.4 Å². The third-order valence-corrected chi connectivity index (χ3v) is 5.03. The number of carboxylic acids is 1. The van der Waals surface area contributed by atoms with Gasteiger partial charge in [0.15, 0.2) is 0 Å². The lowest BCUT2D eigenvalue weighted by Crippen LogP contribution is -2.40. The van der Waals surface area contributed by atoms with Gasteiger partial charge in [-0.1, -0.05) is 29.8 Å². The molecular formula is C16H20BrNO3. The van der Waals surface area contributed by atoms with Gasteiger partial charge in [0.25, 0.3) is 5.91 Å². The second-order valence-electron chi connectivity index (χ2n) is 6.05. The van der Waals surface area contributed by atoms with E-state index in [9.17, 15) is 14.7 Å². The summed E-state index contributed by atoms with van der Waals surface area (Å²) in [5.41, 5.74) is 0.716. The fourth-order valence-electron chi connectivity index (χ4n) is 2.94. The van der Waals surface area contributed by atoms with Crippen molar-refractivity contribution in [3.8, 4) is 0 Å². The summed E-state index contributed by atoms with van der Waals surface area (Å²) in [6, 6.07) is 5.53. The van der Waals surface area contributed by atoms with E-state index in [1.54, 1.807) is 11.0 Å². The fraction of sp³-hybridized carbons (Fsp3) is 0.500. The number of aliphatic carboxylic acids is 1. The molecular weight excluding hydrogens is 334 g/mol. The minimum Gasteiger partial charge on any atom is -0.481 e. The molecule has 1 heterocycles. The number of carboxylic acid groups (broad SMARTS) is 1. The maximum absolute atomic E-state index is 12.6. The van der Waals surface area contributed by atoms with Crippen LogP contribution in [-0.2, 0) is 4.79 Å². The van der Waals surface area contributed by atoms with Gasteiger partial charge in [0.2, 0.25) is 0 Å². The molecule has 1 amide bonds. The second-order valence-corrected chi connectivity index (χ2v) is 6.97. The van der Waals surface area contributed by atoms with Gasteiger partial charge in [0, 0.05) is 23.1 Å². The van der Waals surface area contributed by atoms with Crippen LogP contribution in [0.25, 0.3) is 0 Å². The zero-order chi connectivity index (χ0) is 15.8. The molecule has 1 unspecified atom stereocenters. The number of amides is 1. The Balaban J connectivity index is 2.25. The van der Waals surface area contributed by atoms with Gasteiger partial charge in [0.05, 0.1) is 5.41 Å². The summed E-state index contributed by atoms with van der Waals surface area (Å²) in [6.07, 6.45) is 0.515. The van der Waals surface area contributed by atoms with E-state index in [-0.39, 0.29) is 18.4 Å². The number of benzene rings is 1. The first kappa shape index (κ1) is 16.0. The van der Waals surface area contributed by atoms with Crippen LogP contribution in [0.5, 0.6) is 0 Å². The molecule has 1 fully saturated rings. The molecule has 1 N–H and O–H groups in total. The number of carbonyl (C=O) groups excluding carboxylic acids is 1. The van der Waals surface area contributed by atoms with Crippen molar-refractivity contribution in [2.24, 2.45) is 11.3 Å². The van der Waals surface area contributed by atoms with Crippen molar-refractivity contribution < 1.29 is 14.7 Å². The smallest absolute Gasteiger partial charge is 0.311 e. The normalized spacial score (nSPS) is 21.9. The van der Waals surface area contributed by atoms with Crippen molar-refractivity contribution in [1.82, 2.24) is 4.90 Å². The molecule has 1 aromatic rings. The molecule has 0 saturated carbocycles. The van der Waals surface area contributed by atoms with Crippen molar-refractivity contribution in [3.63, 3.8) is 0 Å². The van der Waals surface area contributed by atoms with E-state index in [1.165, 1.54) is 0 Å². The van der Waals surface area contributed by atoms with Gasteiger partial charge in [0.1, 0.15) is 0 Å². The van der Waals surface area contributed by atoms with E-state index in [1.807, 2.05) is 32.9 Å². The highest BCUT2D eigenvalue weighted by molar-refractivity contribution is 9.10. The first-order valence-corrected chi connectivity index (χ1v) is 7.86. The summed E-state index contributed by atoms with van der Waals surface area (Å²) in [5.74, 6) is -0.886. The summed E-state index contributed by atoms with van der Waals surface area (Å²) in [6.45, 7) is 6.49. The summed E-state index contributed by atoms with van der Waals surface area (Å²) in [5, 5.41) is 9.55. The van der Waals surface area contributed by atoms with Crippen LogP contribution in [-0.4, -0.2) is 35.0 Å². The largest absolute Gasteiger partial charge is 0.481 e. The first-order valence-electron chi connectivity index (χ1n) is 7.07. The highest BCUT2D eigenvalue weighted by Gasteiger charge is 2.48. The Bertz CT molecular complexity index is 585. The van der Waals surface area contributed by atoms with Gasteiger partial charge in [-0.15, -0.1) is 0 Å². The van der Waals surface area contributed by atoms with E-state index in [2.05, 4.69) is 15.9 Å². The van der Waals surface area contributed by atoms with E-state index >= 15 is 0 Å². The minimum absolute atomic E-state index is 0.00110. The highest BCUT2D eigenvalue weighted by atomic mass is 79.9. The molecule has 4 nitrogen and oxygen atoms in total. The van der Waals surface area contributed by atoms with Gasteiger partial charge in [-0.25, -0.2) is 0 Å². The molecule has 0 radical (unpaired) electrons. The molecule has 2 rings (SSSR count). The number of hydrogen-bond donors (Lipinski definition) is 1. The predicted octanol–water partition coefficient (Wildman–Crippen LogP) is 3.33. The van der Waals surface area contributed by atoms with E-state index in [0.717, 1.165) is 10.0 Å². The Hall–Kier alpha value is -1.36. The number of rotatable bonds is 3. The minimum atomic E-state index is -0.821. The van der Waals surface area contributed by atoms with Gasteiger partial charge >= 0.3 is 5.97 Å². The van der Waals surface area contributed by atoms with Crippen LogP contribution in [0, 0.1) is 18.3 Å². The lowest BCUT2D eigenvalue weighted by atomic mass is 9.76. The molecule has 1 aliphatic rings. The quantitative estimate of drug-likeness (QED) is 0.906. The van der Waals surface area contributed by atoms with Crippen LogP contribution in [0.1, 0.15) is 36.2 Å². The molecule has 0 aliphatic carbocycles. The summed E-state index contributed by atoms with van der Waals surface area (Å²) in [7, 11) is 0. The molecule has 0 bridgehead atoms. The van der Waals surface area contributed by atoms with Crippen molar-refractivity contribution in [1.29, 1.82) is 0 Å². The monoisotopic (exact) mass is 353 g/mol. The maximum atomic E-state index is 12.6.